The summed E-state index contributed by atoms with van der Waals surface area (Å²) in [5.74, 6) is 0.828. The van der Waals surface area contributed by atoms with Gasteiger partial charge in [0.1, 0.15) is 12.3 Å². The Balaban J connectivity index is 1.98. The molecule has 6 nitrogen and oxygen atoms in total. The highest BCUT2D eigenvalue weighted by Crippen LogP contribution is 2.33. The van der Waals surface area contributed by atoms with Gasteiger partial charge in [0.15, 0.2) is 0 Å². The van der Waals surface area contributed by atoms with E-state index in [0.717, 1.165) is 17.7 Å². The number of piperidine rings is 1. The average molecular weight is 463 g/mol. The van der Waals surface area contributed by atoms with Crippen molar-refractivity contribution >= 4 is 33.4 Å². The highest BCUT2D eigenvalue weighted by Gasteiger charge is 2.31. The Morgan fingerprint density at radius 1 is 1.13 bits per heavy atom. The highest BCUT2D eigenvalue weighted by molar-refractivity contribution is 7.98. The SMILES string of the molecule is CCOc1ccccc1N(CC(=O)N1CCC(C)CC1)S(=O)(=O)c1ccc(SC)cc1. The van der Waals surface area contributed by atoms with Crippen LogP contribution >= 0.6 is 11.8 Å². The van der Waals surface area contributed by atoms with Crippen LogP contribution < -0.4 is 9.04 Å². The summed E-state index contributed by atoms with van der Waals surface area (Å²) in [6.45, 7) is 5.47. The fourth-order valence-corrected chi connectivity index (χ4v) is 5.43. The van der Waals surface area contributed by atoms with Crippen molar-refractivity contribution in [2.45, 2.75) is 36.5 Å². The topological polar surface area (TPSA) is 66.9 Å². The molecule has 0 atom stereocenters. The number of carbonyl (C=O) groups excluding carboxylic acids is 1. The number of likely N-dealkylation sites (tertiary alicyclic amines) is 1. The Morgan fingerprint density at radius 2 is 1.77 bits per heavy atom. The first kappa shape index (κ1) is 23.5. The van der Waals surface area contributed by atoms with Crippen LogP contribution in [-0.4, -0.2) is 51.7 Å². The van der Waals surface area contributed by atoms with Crippen LogP contribution in [-0.2, 0) is 14.8 Å². The molecule has 8 heteroatoms. The molecule has 0 radical (unpaired) electrons. The van der Waals surface area contributed by atoms with E-state index in [4.69, 9.17) is 4.74 Å². The Labute approximate surface area is 189 Å². The maximum atomic E-state index is 13.7. The van der Waals surface area contributed by atoms with Gasteiger partial charge in [-0.05, 0) is 68.3 Å². The lowest BCUT2D eigenvalue weighted by molar-refractivity contribution is -0.130. The first-order chi connectivity index (χ1) is 14.9. The molecule has 31 heavy (non-hydrogen) atoms. The number of nitrogens with zero attached hydrogens (tertiary/aromatic N) is 2. The maximum absolute atomic E-state index is 13.7. The molecule has 1 heterocycles. The molecule has 1 fully saturated rings. The first-order valence-corrected chi connectivity index (χ1v) is 13.2. The van der Waals surface area contributed by atoms with Crippen molar-refractivity contribution in [2.24, 2.45) is 5.92 Å². The molecule has 168 valence electrons. The van der Waals surface area contributed by atoms with E-state index in [9.17, 15) is 13.2 Å². The van der Waals surface area contributed by atoms with Gasteiger partial charge in [0.05, 0.1) is 17.2 Å². The van der Waals surface area contributed by atoms with E-state index in [0.29, 0.717) is 37.1 Å². The molecule has 0 bridgehead atoms. The minimum absolute atomic E-state index is 0.150. The summed E-state index contributed by atoms with van der Waals surface area (Å²) in [5, 5.41) is 0. The van der Waals surface area contributed by atoms with Crippen molar-refractivity contribution in [3.8, 4) is 5.75 Å². The molecular weight excluding hydrogens is 432 g/mol. The van der Waals surface area contributed by atoms with E-state index in [1.165, 1.54) is 4.31 Å². The lowest BCUT2D eigenvalue weighted by Crippen LogP contribution is -2.45. The second-order valence-electron chi connectivity index (χ2n) is 7.65. The van der Waals surface area contributed by atoms with Gasteiger partial charge in [-0.3, -0.25) is 9.10 Å². The molecule has 1 amide bonds. The van der Waals surface area contributed by atoms with Crippen LogP contribution in [0.3, 0.4) is 0 Å². The monoisotopic (exact) mass is 462 g/mol. The van der Waals surface area contributed by atoms with Crippen LogP contribution in [0.5, 0.6) is 5.75 Å². The van der Waals surface area contributed by atoms with Gasteiger partial charge in [0, 0.05) is 18.0 Å². The number of sulfonamides is 1. The second-order valence-corrected chi connectivity index (χ2v) is 10.4. The molecule has 0 aromatic heterocycles. The number of para-hydroxylation sites is 2. The zero-order valence-electron chi connectivity index (χ0n) is 18.3. The predicted octanol–water partition coefficient (Wildman–Crippen LogP) is 4.26. The van der Waals surface area contributed by atoms with Gasteiger partial charge in [-0.15, -0.1) is 11.8 Å². The molecule has 0 unspecified atom stereocenters. The third-order valence-electron chi connectivity index (χ3n) is 5.50. The van der Waals surface area contributed by atoms with Gasteiger partial charge in [-0.2, -0.15) is 0 Å². The van der Waals surface area contributed by atoms with Crippen molar-refractivity contribution < 1.29 is 17.9 Å². The van der Waals surface area contributed by atoms with E-state index in [2.05, 4.69) is 6.92 Å². The third-order valence-corrected chi connectivity index (χ3v) is 8.01. The zero-order chi connectivity index (χ0) is 22.4. The van der Waals surface area contributed by atoms with E-state index in [1.807, 2.05) is 13.2 Å². The fraction of sp³-hybridized carbons (Fsp3) is 0.435. The molecule has 1 aliphatic rings. The Morgan fingerprint density at radius 3 is 2.39 bits per heavy atom. The molecule has 2 aromatic carbocycles. The highest BCUT2D eigenvalue weighted by atomic mass is 32.2. The van der Waals surface area contributed by atoms with Crippen molar-refractivity contribution in [3.63, 3.8) is 0 Å². The third kappa shape index (κ3) is 5.54. The normalized spacial score (nSPS) is 15.0. The van der Waals surface area contributed by atoms with Crippen molar-refractivity contribution in [1.82, 2.24) is 4.90 Å². The Bertz CT molecular complexity index is 985. The summed E-state index contributed by atoms with van der Waals surface area (Å²) in [5.41, 5.74) is 0.372. The minimum atomic E-state index is -3.97. The van der Waals surface area contributed by atoms with Gasteiger partial charge in [0.2, 0.25) is 5.91 Å². The second kappa shape index (κ2) is 10.4. The molecular formula is C23H30N2O4S2. The number of carbonyl (C=O) groups is 1. The molecule has 0 aliphatic carbocycles. The number of hydrogen-bond donors (Lipinski definition) is 0. The summed E-state index contributed by atoms with van der Waals surface area (Å²) in [7, 11) is -3.97. The smallest absolute Gasteiger partial charge is 0.264 e. The van der Waals surface area contributed by atoms with Gasteiger partial charge < -0.3 is 9.64 Å². The molecule has 1 aliphatic heterocycles. The van der Waals surface area contributed by atoms with Gasteiger partial charge in [0.25, 0.3) is 10.0 Å². The van der Waals surface area contributed by atoms with Crippen molar-refractivity contribution in [2.75, 3.05) is 36.8 Å². The molecule has 2 aromatic rings. The van der Waals surface area contributed by atoms with Gasteiger partial charge >= 0.3 is 0 Å². The number of hydrogen-bond acceptors (Lipinski definition) is 5. The van der Waals surface area contributed by atoms with Crippen LogP contribution in [0.25, 0.3) is 0 Å². The molecule has 1 saturated heterocycles. The zero-order valence-corrected chi connectivity index (χ0v) is 19.9. The minimum Gasteiger partial charge on any atom is -0.492 e. The summed E-state index contributed by atoms with van der Waals surface area (Å²) in [6.07, 6.45) is 3.81. The Hall–Kier alpha value is -2.19. The van der Waals surface area contributed by atoms with E-state index in [1.54, 1.807) is 65.2 Å². The standard InChI is InChI=1S/C23H30N2O4S2/c1-4-29-22-8-6-5-7-21(22)25(17-23(26)24-15-13-18(2)14-16-24)31(27,28)20-11-9-19(30-3)10-12-20/h5-12,18H,4,13-17H2,1-3H3. The van der Waals surface area contributed by atoms with Crippen LogP contribution in [0.4, 0.5) is 5.69 Å². The average Bonchev–Trinajstić information content (AvgIpc) is 2.78. The van der Waals surface area contributed by atoms with Crippen molar-refractivity contribution in [1.29, 1.82) is 0 Å². The lowest BCUT2D eigenvalue weighted by Gasteiger charge is -2.33. The van der Waals surface area contributed by atoms with Crippen LogP contribution in [0.2, 0.25) is 0 Å². The number of benzene rings is 2. The van der Waals surface area contributed by atoms with E-state index >= 15 is 0 Å². The number of anilines is 1. The van der Waals surface area contributed by atoms with Gasteiger partial charge in [-0.25, -0.2) is 8.42 Å². The number of rotatable bonds is 8. The summed E-state index contributed by atoms with van der Waals surface area (Å²) in [6, 6.07) is 13.7. The Kier molecular flexibility index (Phi) is 7.89. The van der Waals surface area contributed by atoms with E-state index in [-0.39, 0.29) is 17.3 Å². The summed E-state index contributed by atoms with van der Waals surface area (Å²) >= 11 is 1.54. The van der Waals surface area contributed by atoms with Crippen LogP contribution in [0, 0.1) is 5.92 Å². The van der Waals surface area contributed by atoms with Crippen molar-refractivity contribution in [3.05, 3.63) is 48.5 Å². The number of amides is 1. The number of ether oxygens (including phenoxy) is 1. The maximum Gasteiger partial charge on any atom is 0.264 e. The molecule has 0 spiro atoms. The molecule has 0 N–H and O–H groups in total. The predicted molar refractivity (Wildman–Crippen MR) is 125 cm³/mol. The molecule has 0 saturated carbocycles. The van der Waals surface area contributed by atoms with Gasteiger partial charge in [-0.1, -0.05) is 19.1 Å². The lowest BCUT2D eigenvalue weighted by atomic mass is 9.99. The van der Waals surface area contributed by atoms with Crippen LogP contribution in [0.1, 0.15) is 26.7 Å². The first-order valence-electron chi connectivity index (χ1n) is 10.5. The summed E-state index contributed by atoms with van der Waals surface area (Å²) in [4.78, 5) is 16.0. The fourth-order valence-electron chi connectivity index (χ4n) is 3.60. The largest absolute Gasteiger partial charge is 0.492 e. The quantitative estimate of drug-likeness (QED) is 0.549. The summed E-state index contributed by atoms with van der Waals surface area (Å²) < 4.78 is 34.2. The molecule has 3 rings (SSSR count). The van der Waals surface area contributed by atoms with Crippen LogP contribution in [0.15, 0.2) is 58.3 Å². The van der Waals surface area contributed by atoms with E-state index < -0.39 is 10.0 Å². The number of thioether (sulfide) groups is 1.